The first kappa shape index (κ1) is 14.4. The van der Waals surface area contributed by atoms with Gasteiger partial charge in [-0.3, -0.25) is 9.59 Å². The highest BCUT2D eigenvalue weighted by molar-refractivity contribution is 6.39. The van der Waals surface area contributed by atoms with E-state index < -0.39 is 29.6 Å². The highest BCUT2D eigenvalue weighted by Crippen LogP contribution is 2.16. The molecule has 1 unspecified atom stereocenters. The number of rotatable bonds is 1. The minimum absolute atomic E-state index is 0.0673. The van der Waals surface area contributed by atoms with Crippen LogP contribution in [-0.2, 0) is 9.59 Å². The summed E-state index contributed by atoms with van der Waals surface area (Å²) < 4.78 is 26.3. The quantitative estimate of drug-likeness (QED) is 0.752. The van der Waals surface area contributed by atoms with Gasteiger partial charge in [-0.15, -0.1) is 0 Å². The summed E-state index contributed by atoms with van der Waals surface area (Å²) in [7, 11) is 0. The molecule has 1 aromatic carbocycles. The van der Waals surface area contributed by atoms with Crippen molar-refractivity contribution >= 4 is 17.5 Å². The number of hydrogen-bond donors (Lipinski definition) is 2. The summed E-state index contributed by atoms with van der Waals surface area (Å²) in [6.07, 6.45) is 0.504. The van der Waals surface area contributed by atoms with Crippen molar-refractivity contribution in [2.24, 2.45) is 0 Å². The first-order valence-electron chi connectivity index (χ1n) is 6.21. The second-order valence-corrected chi connectivity index (χ2v) is 4.63. The second kappa shape index (κ2) is 5.96. The SMILES string of the molecule is O=C(Nc1cc(F)ccc1F)C(=O)N1CCCC(O)C1. The third-order valence-corrected chi connectivity index (χ3v) is 3.05. The van der Waals surface area contributed by atoms with Crippen molar-refractivity contribution < 1.29 is 23.5 Å². The average molecular weight is 284 g/mol. The Morgan fingerprint density at radius 2 is 2.10 bits per heavy atom. The Kier molecular flexibility index (Phi) is 4.29. The van der Waals surface area contributed by atoms with Crippen LogP contribution in [0.15, 0.2) is 18.2 Å². The van der Waals surface area contributed by atoms with Crippen LogP contribution in [0, 0.1) is 11.6 Å². The van der Waals surface area contributed by atoms with Crippen LogP contribution in [0.5, 0.6) is 0 Å². The van der Waals surface area contributed by atoms with Gasteiger partial charge >= 0.3 is 11.8 Å². The second-order valence-electron chi connectivity index (χ2n) is 4.63. The number of nitrogens with zero attached hydrogens (tertiary/aromatic N) is 1. The van der Waals surface area contributed by atoms with E-state index in [2.05, 4.69) is 0 Å². The molecule has 0 spiro atoms. The van der Waals surface area contributed by atoms with Gasteiger partial charge < -0.3 is 15.3 Å². The molecule has 1 aliphatic rings. The van der Waals surface area contributed by atoms with Crippen molar-refractivity contribution in [1.82, 2.24) is 4.90 Å². The molecule has 1 atom stereocenters. The number of benzene rings is 1. The number of β-amino-alcohol motifs (C(OH)–C–C–N with tert-alkyl or cyclic N) is 1. The zero-order valence-corrected chi connectivity index (χ0v) is 10.6. The van der Waals surface area contributed by atoms with Crippen molar-refractivity contribution in [2.75, 3.05) is 18.4 Å². The molecule has 7 heteroatoms. The van der Waals surface area contributed by atoms with Gasteiger partial charge in [-0.25, -0.2) is 8.78 Å². The lowest BCUT2D eigenvalue weighted by molar-refractivity contribution is -0.145. The van der Waals surface area contributed by atoms with Crippen molar-refractivity contribution in [2.45, 2.75) is 18.9 Å². The molecular weight excluding hydrogens is 270 g/mol. The molecule has 108 valence electrons. The first-order chi connectivity index (χ1) is 9.47. The number of aliphatic hydroxyl groups is 1. The van der Waals surface area contributed by atoms with Crippen LogP contribution in [0.3, 0.4) is 0 Å². The van der Waals surface area contributed by atoms with Crippen LogP contribution in [0.2, 0.25) is 0 Å². The summed E-state index contributed by atoms with van der Waals surface area (Å²) in [6, 6.07) is 2.57. The van der Waals surface area contributed by atoms with Crippen molar-refractivity contribution in [3.05, 3.63) is 29.8 Å². The van der Waals surface area contributed by atoms with Gasteiger partial charge in [0.2, 0.25) is 0 Å². The Balaban J connectivity index is 2.04. The molecule has 0 saturated carbocycles. The molecule has 0 bridgehead atoms. The predicted octanol–water partition coefficient (Wildman–Crippen LogP) is 0.887. The lowest BCUT2D eigenvalue weighted by Crippen LogP contribution is -2.46. The molecule has 2 rings (SSSR count). The van der Waals surface area contributed by atoms with Crippen LogP contribution < -0.4 is 5.32 Å². The maximum Gasteiger partial charge on any atom is 0.313 e. The van der Waals surface area contributed by atoms with E-state index in [1.54, 1.807) is 0 Å². The largest absolute Gasteiger partial charge is 0.391 e. The number of nitrogens with one attached hydrogen (secondary N) is 1. The third-order valence-electron chi connectivity index (χ3n) is 3.05. The number of carbonyl (C=O) groups is 2. The smallest absolute Gasteiger partial charge is 0.313 e. The van der Waals surface area contributed by atoms with E-state index in [4.69, 9.17) is 0 Å². The van der Waals surface area contributed by atoms with E-state index in [-0.39, 0.29) is 12.2 Å². The Hall–Kier alpha value is -2.02. The Labute approximate surface area is 114 Å². The normalized spacial score (nSPS) is 18.8. The van der Waals surface area contributed by atoms with Crippen LogP contribution in [0.1, 0.15) is 12.8 Å². The number of likely N-dealkylation sites (tertiary alicyclic amines) is 1. The molecule has 5 nitrogen and oxygen atoms in total. The number of anilines is 1. The van der Waals surface area contributed by atoms with Crippen LogP contribution in [0.25, 0.3) is 0 Å². The highest BCUT2D eigenvalue weighted by Gasteiger charge is 2.27. The van der Waals surface area contributed by atoms with Crippen molar-refractivity contribution in [3.63, 3.8) is 0 Å². The number of piperidine rings is 1. The minimum atomic E-state index is -1.05. The minimum Gasteiger partial charge on any atom is -0.391 e. The van der Waals surface area contributed by atoms with Crippen molar-refractivity contribution in [1.29, 1.82) is 0 Å². The monoisotopic (exact) mass is 284 g/mol. The molecule has 0 radical (unpaired) electrons. The summed E-state index contributed by atoms with van der Waals surface area (Å²) in [5.41, 5.74) is -0.388. The van der Waals surface area contributed by atoms with E-state index in [0.717, 1.165) is 18.2 Å². The molecular formula is C13H14F2N2O3. The van der Waals surface area contributed by atoms with E-state index in [1.165, 1.54) is 4.90 Å². The number of aliphatic hydroxyl groups excluding tert-OH is 1. The van der Waals surface area contributed by atoms with Gasteiger partial charge in [-0.1, -0.05) is 0 Å². The van der Waals surface area contributed by atoms with Gasteiger partial charge in [0.25, 0.3) is 0 Å². The molecule has 2 amide bonds. The average Bonchev–Trinajstić information content (AvgIpc) is 2.42. The Bertz CT molecular complexity index is 536. The molecule has 20 heavy (non-hydrogen) atoms. The molecule has 1 heterocycles. The zero-order chi connectivity index (χ0) is 14.7. The summed E-state index contributed by atoms with van der Waals surface area (Å²) >= 11 is 0. The maximum absolute atomic E-state index is 13.4. The summed E-state index contributed by atoms with van der Waals surface area (Å²) in [6.45, 7) is 0.423. The molecule has 1 aliphatic heterocycles. The fraction of sp³-hybridized carbons (Fsp3) is 0.385. The lowest BCUT2D eigenvalue weighted by Gasteiger charge is -2.29. The van der Waals surface area contributed by atoms with E-state index in [9.17, 15) is 23.5 Å². The third kappa shape index (κ3) is 3.30. The standard InChI is InChI=1S/C13H14F2N2O3/c14-8-3-4-10(15)11(6-8)16-12(19)13(20)17-5-1-2-9(18)7-17/h3-4,6,9,18H,1-2,5,7H2,(H,16,19). The first-order valence-corrected chi connectivity index (χ1v) is 6.21. The molecule has 2 N–H and O–H groups in total. The molecule has 0 aliphatic carbocycles. The maximum atomic E-state index is 13.4. The van der Waals surface area contributed by atoms with E-state index in [1.807, 2.05) is 5.32 Å². The van der Waals surface area contributed by atoms with Gasteiger partial charge in [0.05, 0.1) is 11.8 Å². The van der Waals surface area contributed by atoms with Gasteiger partial charge in [-0.2, -0.15) is 0 Å². The predicted molar refractivity (Wildman–Crippen MR) is 66.8 cm³/mol. The molecule has 1 aromatic rings. The zero-order valence-electron chi connectivity index (χ0n) is 10.6. The molecule has 1 saturated heterocycles. The molecule has 0 aromatic heterocycles. The number of hydrogen-bond acceptors (Lipinski definition) is 3. The Morgan fingerprint density at radius 3 is 2.80 bits per heavy atom. The lowest BCUT2D eigenvalue weighted by atomic mass is 10.1. The summed E-state index contributed by atoms with van der Waals surface area (Å²) in [5, 5.41) is 11.5. The Morgan fingerprint density at radius 1 is 1.35 bits per heavy atom. The summed E-state index contributed by atoms with van der Waals surface area (Å²) in [5.74, 6) is -3.47. The van der Waals surface area contributed by atoms with Gasteiger partial charge in [0.1, 0.15) is 11.6 Å². The summed E-state index contributed by atoms with van der Waals surface area (Å²) in [4.78, 5) is 24.7. The van der Waals surface area contributed by atoms with Crippen LogP contribution in [-0.4, -0.2) is 41.0 Å². The fourth-order valence-electron chi connectivity index (χ4n) is 2.05. The van der Waals surface area contributed by atoms with Crippen molar-refractivity contribution in [3.8, 4) is 0 Å². The fourth-order valence-corrected chi connectivity index (χ4v) is 2.05. The van der Waals surface area contributed by atoms with Gasteiger partial charge in [-0.05, 0) is 25.0 Å². The number of carbonyl (C=O) groups excluding carboxylic acids is 2. The highest BCUT2D eigenvalue weighted by atomic mass is 19.1. The van der Waals surface area contributed by atoms with E-state index >= 15 is 0 Å². The van der Waals surface area contributed by atoms with Crippen LogP contribution in [0.4, 0.5) is 14.5 Å². The van der Waals surface area contributed by atoms with Crippen LogP contribution >= 0.6 is 0 Å². The number of halogens is 2. The topological polar surface area (TPSA) is 69.6 Å². The van der Waals surface area contributed by atoms with Gasteiger partial charge in [0, 0.05) is 19.2 Å². The number of amides is 2. The molecule has 1 fully saturated rings. The van der Waals surface area contributed by atoms with Gasteiger partial charge in [0.15, 0.2) is 0 Å². The van der Waals surface area contributed by atoms with E-state index in [0.29, 0.717) is 19.4 Å².